The first-order valence-corrected chi connectivity index (χ1v) is 9.08. The van der Waals surface area contributed by atoms with Crippen LogP contribution in [-0.4, -0.2) is 23.0 Å². The lowest BCUT2D eigenvalue weighted by atomic mass is 9.95. The number of ether oxygens (including phenoxy) is 1. The minimum Gasteiger partial charge on any atom is -0.452 e. The van der Waals surface area contributed by atoms with Crippen LogP contribution in [0, 0.1) is 12.8 Å². The molecule has 1 aromatic carbocycles. The summed E-state index contributed by atoms with van der Waals surface area (Å²) in [7, 11) is 0. The molecule has 1 aromatic heterocycles. The maximum atomic E-state index is 12.5. The van der Waals surface area contributed by atoms with Crippen LogP contribution in [0.2, 0.25) is 0 Å². The maximum Gasteiger partial charge on any atom is 0.323 e. The summed E-state index contributed by atoms with van der Waals surface area (Å²) < 4.78 is 5.33. The van der Waals surface area contributed by atoms with Crippen molar-refractivity contribution < 1.29 is 14.3 Å². The van der Waals surface area contributed by atoms with Gasteiger partial charge in [0, 0.05) is 16.6 Å². The van der Waals surface area contributed by atoms with E-state index in [9.17, 15) is 9.59 Å². The highest BCUT2D eigenvalue weighted by Gasteiger charge is 2.34. The molecule has 0 saturated heterocycles. The molecule has 0 saturated carbocycles. The number of amides is 1. The van der Waals surface area contributed by atoms with Gasteiger partial charge >= 0.3 is 5.97 Å². The van der Waals surface area contributed by atoms with Gasteiger partial charge in [0.25, 0.3) is 0 Å². The van der Waals surface area contributed by atoms with Gasteiger partial charge in [0.1, 0.15) is 6.10 Å². The van der Waals surface area contributed by atoms with Crippen LogP contribution >= 0.6 is 11.3 Å². The molecule has 0 unspecified atom stereocenters. The number of hydrogen-bond acceptors (Lipinski definition) is 5. The zero-order valence-corrected chi connectivity index (χ0v) is 14.8. The second-order valence-corrected chi connectivity index (χ2v) is 7.13. The molecule has 2 heterocycles. The van der Waals surface area contributed by atoms with Crippen molar-refractivity contribution in [3.8, 4) is 11.3 Å². The molecule has 1 amide bonds. The van der Waals surface area contributed by atoms with E-state index in [2.05, 4.69) is 10.3 Å². The maximum absolute atomic E-state index is 12.5. The largest absolute Gasteiger partial charge is 0.452 e. The first-order chi connectivity index (χ1) is 12.6. The van der Waals surface area contributed by atoms with E-state index in [1.807, 2.05) is 42.7 Å². The molecule has 1 aliphatic heterocycles. The fourth-order valence-electron chi connectivity index (χ4n) is 2.88. The number of aryl methyl sites for hydroxylation is 1. The molecular formula is C20H16N2O3S. The predicted molar refractivity (Wildman–Crippen MR) is 101 cm³/mol. The number of thiazole rings is 1. The number of fused-ring (bicyclic) bond motifs is 1. The van der Waals surface area contributed by atoms with E-state index in [0.717, 1.165) is 21.8 Å². The highest BCUT2D eigenvalue weighted by molar-refractivity contribution is 7.09. The van der Waals surface area contributed by atoms with Gasteiger partial charge in [-0.2, -0.15) is 0 Å². The van der Waals surface area contributed by atoms with Crippen LogP contribution in [0.5, 0.6) is 0 Å². The van der Waals surface area contributed by atoms with E-state index >= 15 is 0 Å². The molecule has 4 rings (SSSR count). The third-order valence-corrected chi connectivity index (χ3v) is 4.99. The van der Waals surface area contributed by atoms with Crippen LogP contribution in [0.1, 0.15) is 5.01 Å². The summed E-state index contributed by atoms with van der Waals surface area (Å²) in [5.74, 6) is -1.88. The fourth-order valence-corrected chi connectivity index (χ4v) is 3.50. The molecule has 0 fully saturated rings. The zero-order valence-electron chi connectivity index (χ0n) is 14.0. The Kier molecular flexibility index (Phi) is 4.26. The second-order valence-electron chi connectivity index (χ2n) is 6.06. The van der Waals surface area contributed by atoms with Crippen LogP contribution in [0.15, 0.2) is 65.6 Å². The number of allylic oxidation sites excluding steroid dienone is 2. The quantitative estimate of drug-likeness (QED) is 0.667. The van der Waals surface area contributed by atoms with Gasteiger partial charge in [-0.25, -0.2) is 4.98 Å². The summed E-state index contributed by atoms with van der Waals surface area (Å²) in [4.78, 5) is 29.1. The number of esters is 1. The number of carbonyl (C=O) groups is 2. The molecule has 0 spiro atoms. The first-order valence-electron chi connectivity index (χ1n) is 8.21. The van der Waals surface area contributed by atoms with Gasteiger partial charge in [-0.3, -0.25) is 9.59 Å². The van der Waals surface area contributed by atoms with E-state index < -0.39 is 23.9 Å². The Hall–Kier alpha value is -2.99. The van der Waals surface area contributed by atoms with Crippen LogP contribution in [-0.2, 0) is 14.3 Å². The lowest BCUT2D eigenvalue weighted by molar-refractivity contribution is -0.152. The van der Waals surface area contributed by atoms with Crippen molar-refractivity contribution in [1.29, 1.82) is 0 Å². The molecule has 0 radical (unpaired) electrons. The SMILES string of the molecule is Cc1nc(-c2ccc(NC(=O)[C@H]3C=C4C=CC=C[C@H]4OC3=O)cc2)cs1. The third-order valence-electron chi connectivity index (χ3n) is 4.22. The van der Waals surface area contributed by atoms with Crippen LogP contribution in [0.4, 0.5) is 5.69 Å². The van der Waals surface area contributed by atoms with Crippen molar-refractivity contribution in [2.45, 2.75) is 13.0 Å². The van der Waals surface area contributed by atoms with Crippen molar-refractivity contribution in [2.75, 3.05) is 5.32 Å². The highest BCUT2D eigenvalue weighted by atomic mass is 32.1. The smallest absolute Gasteiger partial charge is 0.323 e. The van der Waals surface area contributed by atoms with E-state index in [1.165, 1.54) is 0 Å². The lowest BCUT2D eigenvalue weighted by Crippen LogP contribution is -2.36. The molecule has 2 atom stereocenters. The molecule has 1 aliphatic carbocycles. The van der Waals surface area contributed by atoms with Gasteiger partial charge in [0.2, 0.25) is 5.91 Å². The Morgan fingerprint density at radius 3 is 2.77 bits per heavy atom. The predicted octanol–water partition coefficient (Wildman–Crippen LogP) is 3.65. The van der Waals surface area contributed by atoms with Crippen LogP contribution < -0.4 is 5.32 Å². The van der Waals surface area contributed by atoms with Crippen molar-refractivity contribution in [2.24, 2.45) is 5.92 Å². The molecule has 6 heteroatoms. The van der Waals surface area contributed by atoms with Crippen molar-refractivity contribution in [1.82, 2.24) is 4.98 Å². The molecule has 130 valence electrons. The average molecular weight is 364 g/mol. The number of nitrogens with zero attached hydrogens (tertiary/aromatic N) is 1. The number of hydrogen-bond donors (Lipinski definition) is 1. The van der Waals surface area contributed by atoms with Crippen LogP contribution in [0.3, 0.4) is 0 Å². The zero-order chi connectivity index (χ0) is 18.1. The van der Waals surface area contributed by atoms with E-state index in [1.54, 1.807) is 35.6 Å². The van der Waals surface area contributed by atoms with Crippen LogP contribution in [0.25, 0.3) is 11.3 Å². The van der Waals surface area contributed by atoms with E-state index in [0.29, 0.717) is 5.69 Å². The van der Waals surface area contributed by atoms with Gasteiger partial charge in [0.15, 0.2) is 5.92 Å². The Morgan fingerprint density at radius 2 is 2.04 bits per heavy atom. The summed E-state index contributed by atoms with van der Waals surface area (Å²) >= 11 is 1.59. The standard InChI is InChI=1S/C20H16N2O3S/c1-12-21-17(11-26-12)13-6-8-15(9-7-13)22-19(23)16-10-14-4-2-3-5-18(14)25-20(16)24/h2-11,16,18H,1H3,(H,22,23)/t16-,18-/m1/s1. The average Bonchev–Trinajstić information content (AvgIpc) is 3.08. The number of carbonyl (C=O) groups excluding carboxylic acids is 2. The first kappa shape index (κ1) is 16.5. The van der Waals surface area contributed by atoms with Crippen molar-refractivity contribution in [3.05, 3.63) is 70.6 Å². The number of aromatic nitrogens is 1. The molecule has 2 aromatic rings. The Labute approximate surface area is 154 Å². The molecular weight excluding hydrogens is 348 g/mol. The van der Waals surface area contributed by atoms with Gasteiger partial charge in [-0.05, 0) is 30.7 Å². The highest BCUT2D eigenvalue weighted by Crippen LogP contribution is 2.26. The minimum absolute atomic E-state index is 0.391. The molecule has 2 aliphatic rings. The summed E-state index contributed by atoms with van der Waals surface area (Å²) in [5, 5.41) is 5.78. The number of rotatable bonds is 3. The Bertz CT molecular complexity index is 954. The number of benzene rings is 1. The van der Waals surface area contributed by atoms with Crippen molar-refractivity contribution >= 4 is 28.9 Å². The third kappa shape index (κ3) is 3.23. The molecule has 0 bridgehead atoms. The Balaban J connectivity index is 1.48. The molecule has 5 nitrogen and oxygen atoms in total. The van der Waals surface area contributed by atoms with Gasteiger partial charge in [-0.1, -0.05) is 36.4 Å². The van der Waals surface area contributed by atoms with E-state index in [-0.39, 0.29) is 0 Å². The lowest BCUT2D eigenvalue weighted by Gasteiger charge is -2.26. The summed E-state index contributed by atoms with van der Waals surface area (Å²) in [5.41, 5.74) is 3.34. The fraction of sp³-hybridized carbons (Fsp3) is 0.150. The molecule has 1 N–H and O–H groups in total. The summed E-state index contributed by atoms with van der Waals surface area (Å²) in [6, 6.07) is 7.39. The van der Waals surface area contributed by atoms with Gasteiger partial charge in [0.05, 0.1) is 10.7 Å². The number of anilines is 1. The molecule has 26 heavy (non-hydrogen) atoms. The van der Waals surface area contributed by atoms with Gasteiger partial charge in [-0.15, -0.1) is 11.3 Å². The minimum atomic E-state index is -0.946. The van der Waals surface area contributed by atoms with Crippen molar-refractivity contribution in [3.63, 3.8) is 0 Å². The topological polar surface area (TPSA) is 68.3 Å². The second kappa shape index (κ2) is 6.72. The van der Waals surface area contributed by atoms with Gasteiger partial charge < -0.3 is 10.1 Å². The summed E-state index contributed by atoms with van der Waals surface area (Å²) in [6.45, 7) is 1.96. The number of nitrogens with one attached hydrogen (secondary N) is 1. The summed E-state index contributed by atoms with van der Waals surface area (Å²) in [6.07, 6.45) is 8.59. The normalized spacial score (nSPS) is 21.0. The van der Waals surface area contributed by atoms with E-state index in [4.69, 9.17) is 4.74 Å². The monoisotopic (exact) mass is 364 g/mol. The Morgan fingerprint density at radius 1 is 1.23 bits per heavy atom.